The maximum atomic E-state index is 11.3. The Hall–Kier alpha value is -1.65. The second-order valence-electron chi connectivity index (χ2n) is 3.23. The number of hydrogen-bond donors (Lipinski definition) is 1. The lowest BCUT2D eigenvalue weighted by Crippen LogP contribution is -2.13. The molecule has 1 heterocycles. The van der Waals surface area contributed by atoms with Crippen molar-refractivity contribution in [3.8, 4) is 0 Å². The summed E-state index contributed by atoms with van der Waals surface area (Å²) in [6.45, 7) is 3.76. The molecule has 0 amide bonds. The molecule has 0 saturated carbocycles. The lowest BCUT2D eigenvalue weighted by Gasteiger charge is -2.07. The van der Waals surface area contributed by atoms with Gasteiger partial charge in [0.05, 0.1) is 12.8 Å². The fourth-order valence-corrected chi connectivity index (χ4v) is 1.34. The molecule has 2 N–H and O–H groups in total. The van der Waals surface area contributed by atoms with Gasteiger partial charge in [-0.3, -0.25) is 0 Å². The molecule has 1 aromatic rings. The third-order valence-corrected chi connectivity index (χ3v) is 2.03. The Balaban J connectivity index is 3.15. The summed E-state index contributed by atoms with van der Waals surface area (Å²) >= 11 is 0. The van der Waals surface area contributed by atoms with Crippen molar-refractivity contribution in [1.29, 1.82) is 0 Å². The van der Waals surface area contributed by atoms with Gasteiger partial charge in [-0.25, -0.2) is 14.8 Å². The van der Waals surface area contributed by atoms with Crippen LogP contribution in [0.15, 0.2) is 0 Å². The highest BCUT2D eigenvalue weighted by molar-refractivity contribution is 5.95. The minimum atomic E-state index is -0.493. The number of aromatic nitrogens is 2. The van der Waals surface area contributed by atoms with Crippen LogP contribution in [0.2, 0.25) is 0 Å². The molecule has 0 aliphatic heterocycles. The Bertz CT molecular complexity index is 354. The molecule has 0 bridgehead atoms. The van der Waals surface area contributed by atoms with E-state index in [2.05, 4.69) is 14.7 Å². The first-order valence-corrected chi connectivity index (χ1v) is 4.81. The zero-order valence-electron chi connectivity index (χ0n) is 9.20. The topological polar surface area (TPSA) is 78.1 Å². The molecule has 0 spiro atoms. The smallest absolute Gasteiger partial charge is 0.343 e. The molecular weight excluding hydrogens is 194 g/mol. The Morgan fingerprint density at radius 2 is 2.13 bits per heavy atom. The van der Waals surface area contributed by atoms with E-state index in [0.29, 0.717) is 11.5 Å². The molecule has 0 atom stereocenters. The van der Waals surface area contributed by atoms with Gasteiger partial charge in [0.15, 0.2) is 0 Å². The van der Waals surface area contributed by atoms with Crippen molar-refractivity contribution in [3.05, 3.63) is 17.1 Å². The van der Waals surface area contributed by atoms with Gasteiger partial charge in [0.2, 0.25) is 0 Å². The van der Waals surface area contributed by atoms with E-state index < -0.39 is 5.97 Å². The van der Waals surface area contributed by atoms with Gasteiger partial charge in [0.1, 0.15) is 17.2 Å². The molecular formula is C10H15N3O2. The van der Waals surface area contributed by atoms with Crippen molar-refractivity contribution in [3.63, 3.8) is 0 Å². The second-order valence-corrected chi connectivity index (χ2v) is 3.23. The van der Waals surface area contributed by atoms with Crippen LogP contribution in [0.4, 0.5) is 5.82 Å². The summed E-state index contributed by atoms with van der Waals surface area (Å²) in [7, 11) is 1.31. The van der Waals surface area contributed by atoms with Crippen molar-refractivity contribution in [1.82, 2.24) is 9.97 Å². The fraction of sp³-hybridized carbons (Fsp3) is 0.500. The Morgan fingerprint density at radius 1 is 1.47 bits per heavy atom. The first-order valence-electron chi connectivity index (χ1n) is 4.81. The number of nitrogen functional groups attached to an aromatic ring is 1. The molecule has 1 rings (SSSR count). The molecule has 5 heteroatoms. The summed E-state index contributed by atoms with van der Waals surface area (Å²) < 4.78 is 4.60. The molecule has 0 saturated heterocycles. The largest absolute Gasteiger partial charge is 0.465 e. The van der Waals surface area contributed by atoms with Gasteiger partial charge in [-0.1, -0.05) is 6.92 Å². The van der Waals surface area contributed by atoms with Gasteiger partial charge in [0, 0.05) is 6.42 Å². The van der Waals surface area contributed by atoms with Crippen molar-refractivity contribution < 1.29 is 9.53 Å². The van der Waals surface area contributed by atoms with E-state index in [4.69, 9.17) is 5.73 Å². The lowest BCUT2D eigenvalue weighted by molar-refractivity contribution is 0.0600. The number of carbonyl (C=O) groups excluding carboxylic acids is 1. The molecule has 1 aromatic heterocycles. The number of esters is 1. The van der Waals surface area contributed by atoms with Crippen molar-refractivity contribution in [2.24, 2.45) is 0 Å². The molecule has 0 aromatic carbocycles. The first-order chi connectivity index (χ1) is 7.10. The number of carbonyl (C=O) groups is 1. The number of hydrogen-bond acceptors (Lipinski definition) is 5. The van der Waals surface area contributed by atoms with Gasteiger partial charge in [-0.05, 0) is 13.3 Å². The standard InChI is InChI=1S/C10H15N3O2/c1-4-5-7-12-6(2)8(9(11)13-7)10(14)15-3/h4-5H2,1-3H3,(H2,11,12,13). The predicted octanol–water partition coefficient (Wildman–Crippen LogP) is 1.11. The van der Waals surface area contributed by atoms with E-state index >= 15 is 0 Å². The van der Waals surface area contributed by atoms with E-state index in [0.717, 1.165) is 12.8 Å². The quantitative estimate of drug-likeness (QED) is 0.754. The number of nitrogens with two attached hydrogens (primary N) is 1. The van der Waals surface area contributed by atoms with Gasteiger partial charge in [-0.15, -0.1) is 0 Å². The molecule has 0 unspecified atom stereocenters. The zero-order valence-corrected chi connectivity index (χ0v) is 9.20. The van der Waals surface area contributed by atoms with Crippen LogP contribution in [-0.2, 0) is 11.2 Å². The molecule has 0 aliphatic rings. The predicted molar refractivity (Wildman–Crippen MR) is 56.5 cm³/mol. The second kappa shape index (κ2) is 4.72. The van der Waals surface area contributed by atoms with Crippen LogP contribution < -0.4 is 5.73 Å². The van der Waals surface area contributed by atoms with Gasteiger partial charge < -0.3 is 10.5 Å². The maximum absolute atomic E-state index is 11.3. The number of anilines is 1. The van der Waals surface area contributed by atoms with Crippen molar-refractivity contribution >= 4 is 11.8 Å². The number of methoxy groups -OCH3 is 1. The monoisotopic (exact) mass is 209 g/mol. The van der Waals surface area contributed by atoms with Crippen LogP contribution in [-0.4, -0.2) is 23.0 Å². The normalized spacial score (nSPS) is 10.1. The summed E-state index contributed by atoms with van der Waals surface area (Å²) in [6.07, 6.45) is 1.70. The van der Waals surface area contributed by atoms with Crippen molar-refractivity contribution in [2.45, 2.75) is 26.7 Å². The molecule has 0 aliphatic carbocycles. The molecule has 0 radical (unpaired) electrons. The lowest BCUT2D eigenvalue weighted by atomic mass is 10.2. The van der Waals surface area contributed by atoms with Crippen LogP contribution in [0, 0.1) is 6.92 Å². The van der Waals surface area contributed by atoms with Gasteiger partial charge in [-0.2, -0.15) is 0 Å². The van der Waals surface area contributed by atoms with E-state index in [-0.39, 0.29) is 11.4 Å². The Labute approximate surface area is 88.7 Å². The van der Waals surface area contributed by atoms with Crippen LogP contribution in [0.5, 0.6) is 0 Å². The summed E-state index contributed by atoms with van der Waals surface area (Å²) in [4.78, 5) is 19.6. The van der Waals surface area contributed by atoms with Crippen molar-refractivity contribution in [2.75, 3.05) is 12.8 Å². The van der Waals surface area contributed by atoms with Crippen LogP contribution in [0.3, 0.4) is 0 Å². The average Bonchev–Trinajstić information content (AvgIpc) is 2.16. The summed E-state index contributed by atoms with van der Waals surface area (Å²) in [6, 6.07) is 0. The third-order valence-electron chi connectivity index (χ3n) is 2.03. The summed E-state index contributed by atoms with van der Waals surface area (Å²) in [5.74, 6) is 0.367. The number of rotatable bonds is 3. The van der Waals surface area contributed by atoms with E-state index in [1.807, 2.05) is 6.92 Å². The summed E-state index contributed by atoms with van der Waals surface area (Å²) in [5, 5.41) is 0. The van der Waals surface area contributed by atoms with E-state index in [1.165, 1.54) is 7.11 Å². The highest BCUT2D eigenvalue weighted by atomic mass is 16.5. The van der Waals surface area contributed by atoms with Crippen LogP contribution >= 0.6 is 0 Å². The number of nitrogens with zero attached hydrogens (tertiary/aromatic N) is 2. The number of ether oxygens (including phenoxy) is 1. The molecule has 15 heavy (non-hydrogen) atoms. The highest BCUT2D eigenvalue weighted by Gasteiger charge is 2.16. The molecule has 0 fully saturated rings. The van der Waals surface area contributed by atoms with Gasteiger partial charge >= 0.3 is 5.97 Å². The first kappa shape index (κ1) is 11.4. The maximum Gasteiger partial charge on any atom is 0.343 e. The average molecular weight is 209 g/mol. The van der Waals surface area contributed by atoms with E-state index in [9.17, 15) is 4.79 Å². The fourth-order valence-electron chi connectivity index (χ4n) is 1.34. The molecule has 5 nitrogen and oxygen atoms in total. The SMILES string of the molecule is CCCc1nc(C)c(C(=O)OC)c(N)n1. The number of aryl methyl sites for hydroxylation is 2. The minimum absolute atomic E-state index is 0.192. The van der Waals surface area contributed by atoms with Crippen LogP contribution in [0.1, 0.15) is 35.2 Å². The third kappa shape index (κ3) is 2.43. The zero-order chi connectivity index (χ0) is 11.4. The molecule has 82 valence electrons. The van der Waals surface area contributed by atoms with Crippen LogP contribution in [0.25, 0.3) is 0 Å². The van der Waals surface area contributed by atoms with E-state index in [1.54, 1.807) is 6.92 Å². The highest BCUT2D eigenvalue weighted by Crippen LogP contribution is 2.14. The Morgan fingerprint density at radius 3 is 2.60 bits per heavy atom. The minimum Gasteiger partial charge on any atom is -0.465 e. The Kier molecular flexibility index (Phi) is 3.60. The summed E-state index contributed by atoms with van der Waals surface area (Å²) in [5.41, 5.74) is 6.51. The van der Waals surface area contributed by atoms with Gasteiger partial charge in [0.25, 0.3) is 0 Å².